The molecule has 24 valence electrons. The third kappa shape index (κ3) is 2.80. The van der Waals surface area contributed by atoms with Crippen molar-refractivity contribution in [3.05, 3.63) is 0 Å². The van der Waals surface area contributed by atoms with E-state index in [9.17, 15) is 0 Å². The SMILES string of the molecule is C[CH2][Sn][CH3]. The van der Waals surface area contributed by atoms with E-state index in [-0.39, 0.29) is 21.1 Å². The van der Waals surface area contributed by atoms with Crippen molar-refractivity contribution in [3.63, 3.8) is 0 Å². The van der Waals surface area contributed by atoms with Crippen molar-refractivity contribution in [3.8, 4) is 0 Å². The van der Waals surface area contributed by atoms with Gasteiger partial charge in [-0.25, -0.2) is 0 Å². The van der Waals surface area contributed by atoms with Gasteiger partial charge in [0.1, 0.15) is 0 Å². The molecule has 0 bridgehead atoms. The molecular formula is C3H8Sn. The molecule has 2 radical (unpaired) electrons. The summed E-state index contributed by atoms with van der Waals surface area (Å²) in [6.45, 7) is 2.26. The number of hydrogen-bond donors (Lipinski definition) is 0. The predicted octanol–water partition coefficient (Wildman–Crippen LogP) is 1.18. The second-order valence-electron chi connectivity index (χ2n) is 0.707. The third-order valence-corrected chi connectivity index (χ3v) is 2.37. The molecule has 0 aliphatic heterocycles. The van der Waals surface area contributed by atoms with E-state index in [4.69, 9.17) is 0 Å². The van der Waals surface area contributed by atoms with Gasteiger partial charge < -0.3 is 0 Å². The Labute approximate surface area is 37.8 Å². The van der Waals surface area contributed by atoms with Crippen LogP contribution in [0.1, 0.15) is 6.92 Å². The Morgan fingerprint density at radius 1 is 1.75 bits per heavy atom. The molecule has 0 aromatic heterocycles. The van der Waals surface area contributed by atoms with E-state index in [1.54, 1.807) is 0 Å². The topological polar surface area (TPSA) is 0 Å². The Morgan fingerprint density at radius 3 is 2.00 bits per heavy atom. The summed E-state index contributed by atoms with van der Waals surface area (Å²) < 4.78 is 1.49. The molecule has 4 heavy (non-hydrogen) atoms. The molecule has 1 heteroatoms. The Morgan fingerprint density at radius 2 is 2.00 bits per heavy atom. The van der Waals surface area contributed by atoms with Gasteiger partial charge in [0.25, 0.3) is 0 Å². The van der Waals surface area contributed by atoms with E-state index in [1.165, 1.54) is 4.44 Å². The standard InChI is InChI=1S/C2H5.CH3.Sn/c1-2;;/h1H2,2H3;1H3;. The van der Waals surface area contributed by atoms with E-state index < -0.39 is 0 Å². The van der Waals surface area contributed by atoms with E-state index in [0.717, 1.165) is 0 Å². The summed E-state index contributed by atoms with van der Waals surface area (Å²) in [7, 11) is 0. The molecule has 0 unspecified atom stereocenters. The van der Waals surface area contributed by atoms with Crippen LogP contribution in [0.5, 0.6) is 0 Å². The van der Waals surface area contributed by atoms with Crippen LogP contribution in [0.4, 0.5) is 0 Å². The molecule has 0 fully saturated rings. The van der Waals surface area contributed by atoms with Crippen LogP contribution in [0.2, 0.25) is 9.38 Å². The van der Waals surface area contributed by atoms with Gasteiger partial charge in [-0.3, -0.25) is 0 Å². The average molecular weight is 163 g/mol. The van der Waals surface area contributed by atoms with E-state index in [1.807, 2.05) is 0 Å². The maximum atomic E-state index is 2.35. The average Bonchev–Trinajstić information content (AvgIpc) is 1.37. The molecule has 0 aliphatic rings. The monoisotopic (exact) mass is 164 g/mol. The second kappa shape index (κ2) is 3.80. The van der Waals surface area contributed by atoms with Crippen LogP contribution in [0, 0.1) is 0 Å². The first-order valence-corrected chi connectivity index (χ1v) is 6.43. The van der Waals surface area contributed by atoms with Crippen molar-refractivity contribution >= 4 is 21.1 Å². The number of rotatable bonds is 1. The summed E-state index contributed by atoms with van der Waals surface area (Å²) in [4.78, 5) is 2.35. The molecule has 0 heterocycles. The summed E-state index contributed by atoms with van der Waals surface area (Å²) in [5, 5.41) is 0. The van der Waals surface area contributed by atoms with Gasteiger partial charge in [-0.05, 0) is 0 Å². The fourth-order valence-electron chi connectivity index (χ4n) is 0. The Kier molecular flexibility index (Phi) is 4.56. The molecule has 0 aromatic carbocycles. The zero-order valence-corrected chi connectivity index (χ0v) is 6.06. The number of hydrogen-bond acceptors (Lipinski definition) is 0. The van der Waals surface area contributed by atoms with Crippen LogP contribution < -0.4 is 0 Å². The normalized spacial score (nSPS) is 7.50. The summed E-state index contributed by atoms with van der Waals surface area (Å²) in [6.07, 6.45) is 0. The van der Waals surface area contributed by atoms with Crippen molar-refractivity contribution in [2.75, 3.05) is 0 Å². The van der Waals surface area contributed by atoms with Gasteiger partial charge in [-0.15, -0.1) is 0 Å². The Hall–Kier alpha value is 0.799. The van der Waals surface area contributed by atoms with Crippen LogP contribution in [0.15, 0.2) is 0 Å². The predicted molar refractivity (Wildman–Crippen MR) is 22.1 cm³/mol. The molecule has 0 N–H and O–H groups in total. The molecule has 0 spiro atoms. The Balaban J connectivity index is 1.97. The summed E-state index contributed by atoms with van der Waals surface area (Å²) in [6, 6.07) is 0. The van der Waals surface area contributed by atoms with Crippen LogP contribution in [-0.2, 0) is 0 Å². The van der Waals surface area contributed by atoms with Gasteiger partial charge >= 0.3 is 37.4 Å². The first-order valence-electron chi connectivity index (χ1n) is 1.56. The summed E-state index contributed by atoms with van der Waals surface area (Å²) >= 11 is 0.224. The van der Waals surface area contributed by atoms with Crippen molar-refractivity contribution in [2.24, 2.45) is 0 Å². The quantitative estimate of drug-likeness (QED) is 0.509. The maximum absolute atomic E-state index is 2.35. The summed E-state index contributed by atoms with van der Waals surface area (Å²) in [5.41, 5.74) is 0. The zero-order valence-electron chi connectivity index (χ0n) is 3.21. The second-order valence-corrected chi connectivity index (χ2v) is 4.74. The molecule has 0 saturated carbocycles. The molecule has 0 nitrogen and oxygen atoms in total. The molecular weight excluding hydrogens is 155 g/mol. The van der Waals surface area contributed by atoms with Gasteiger partial charge in [0.15, 0.2) is 0 Å². The van der Waals surface area contributed by atoms with E-state index in [0.29, 0.717) is 0 Å². The zero-order chi connectivity index (χ0) is 3.41. The minimum absolute atomic E-state index is 0.224. The van der Waals surface area contributed by atoms with Gasteiger partial charge in [0, 0.05) is 0 Å². The summed E-state index contributed by atoms with van der Waals surface area (Å²) in [5.74, 6) is 0. The van der Waals surface area contributed by atoms with Crippen molar-refractivity contribution in [1.29, 1.82) is 0 Å². The van der Waals surface area contributed by atoms with Crippen LogP contribution in [0.3, 0.4) is 0 Å². The van der Waals surface area contributed by atoms with Crippen LogP contribution in [-0.4, -0.2) is 21.1 Å². The molecule has 0 atom stereocenters. The van der Waals surface area contributed by atoms with Crippen LogP contribution >= 0.6 is 0 Å². The van der Waals surface area contributed by atoms with Crippen molar-refractivity contribution < 1.29 is 0 Å². The van der Waals surface area contributed by atoms with Crippen LogP contribution in [0.25, 0.3) is 0 Å². The van der Waals surface area contributed by atoms with E-state index >= 15 is 0 Å². The molecule has 0 rings (SSSR count). The first kappa shape index (κ1) is 4.80. The minimum atomic E-state index is 0.224. The fourth-order valence-corrected chi connectivity index (χ4v) is 0. The third-order valence-electron chi connectivity index (χ3n) is 0.354. The fraction of sp³-hybridized carbons (Fsp3) is 1.00. The van der Waals surface area contributed by atoms with Gasteiger partial charge in [-0.2, -0.15) is 0 Å². The van der Waals surface area contributed by atoms with Gasteiger partial charge in [0.2, 0.25) is 0 Å². The van der Waals surface area contributed by atoms with Gasteiger partial charge in [-0.1, -0.05) is 0 Å². The molecule has 0 amide bonds. The first-order chi connectivity index (χ1) is 1.91. The van der Waals surface area contributed by atoms with Crippen molar-refractivity contribution in [2.45, 2.75) is 16.3 Å². The Bertz CT molecular complexity index is 5.25. The van der Waals surface area contributed by atoms with Crippen molar-refractivity contribution in [1.82, 2.24) is 0 Å². The molecule has 0 aliphatic carbocycles. The molecule has 0 aromatic rings. The van der Waals surface area contributed by atoms with Gasteiger partial charge in [0.05, 0.1) is 0 Å². The molecule has 0 saturated heterocycles. The van der Waals surface area contributed by atoms with E-state index in [2.05, 4.69) is 11.9 Å².